The van der Waals surface area contributed by atoms with Crippen molar-refractivity contribution >= 4 is 33.1 Å². The van der Waals surface area contributed by atoms with E-state index in [1.54, 1.807) is 0 Å². The van der Waals surface area contributed by atoms with Crippen molar-refractivity contribution in [2.45, 2.75) is 37.1 Å². The lowest BCUT2D eigenvalue weighted by Gasteiger charge is -2.13. The number of rotatable bonds is 7. The molecule has 0 unspecified atom stereocenters. The van der Waals surface area contributed by atoms with E-state index in [1.165, 1.54) is 11.4 Å². The van der Waals surface area contributed by atoms with Crippen molar-refractivity contribution in [2.75, 3.05) is 6.26 Å². The number of nitrogens with one attached hydrogen (secondary N) is 1. The van der Waals surface area contributed by atoms with E-state index in [4.69, 9.17) is 5.11 Å². The van der Waals surface area contributed by atoms with Crippen LogP contribution in [0.2, 0.25) is 0 Å². The van der Waals surface area contributed by atoms with Crippen LogP contribution in [0, 0.1) is 0 Å². The highest BCUT2D eigenvalue weighted by atomic mass is 32.2. The normalized spacial score (nSPS) is 12.9. The lowest BCUT2D eigenvalue weighted by molar-refractivity contribution is -0.139. The van der Waals surface area contributed by atoms with E-state index >= 15 is 0 Å². The molecular weight excluding hydrogens is 302 g/mol. The Labute approximate surface area is 121 Å². The van der Waals surface area contributed by atoms with Gasteiger partial charge in [-0.15, -0.1) is 11.3 Å². The molecule has 0 spiro atoms. The van der Waals surface area contributed by atoms with Crippen LogP contribution in [-0.4, -0.2) is 37.7 Å². The molecular formula is C12H17NO5S2. The number of carbonyl (C=O) groups is 2. The average molecular weight is 319 g/mol. The van der Waals surface area contributed by atoms with E-state index in [1.807, 2.05) is 6.92 Å². The van der Waals surface area contributed by atoms with Crippen molar-refractivity contribution in [3.8, 4) is 0 Å². The molecule has 0 saturated heterocycles. The number of unbranched alkanes of at least 4 members (excludes halogenated alkanes) is 1. The van der Waals surface area contributed by atoms with Crippen molar-refractivity contribution < 1.29 is 23.1 Å². The maximum Gasteiger partial charge on any atom is 0.326 e. The zero-order valence-corrected chi connectivity index (χ0v) is 12.9. The third kappa shape index (κ3) is 4.61. The third-order valence-corrected chi connectivity index (χ3v) is 4.85. The largest absolute Gasteiger partial charge is 0.480 e. The molecule has 0 saturated carbocycles. The van der Waals surface area contributed by atoms with Gasteiger partial charge in [0.25, 0.3) is 5.91 Å². The SMILES string of the molecule is CCCC[C@H](NC(=O)c1cc(S(C)(=O)=O)cs1)C(=O)O. The van der Waals surface area contributed by atoms with Crippen LogP contribution < -0.4 is 5.32 Å². The van der Waals surface area contributed by atoms with Crippen LogP contribution in [0.1, 0.15) is 35.9 Å². The Morgan fingerprint density at radius 2 is 2.10 bits per heavy atom. The predicted octanol–water partition coefficient (Wildman–Crippen LogP) is 1.52. The summed E-state index contributed by atoms with van der Waals surface area (Å²) in [6.07, 6.45) is 2.92. The first-order chi connectivity index (χ1) is 9.25. The average Bonchev–Trinajstić information content (AvgIpc) is 2.83. The van der Waals surface area contributed by atoms with Gasteiger partial charge in [0.05, 0.1) is 9.77 Å². The van der Waals surface area contributed by atoms with Gasteiger partial charge >= 0.3 is 5.97 Å². The topological polar surface area (TPSA) is 101 Å². The molecule has 20 heavy (non-hydrogen) atoms. The minimum absolute atomic E-state index is 0.0630. The van der Waals surface area contributed by atoms with Crippen LogP contribution in [0.5, 0.6) is 0 Å². The fourth-order valence-corrected chi connectivity index (χ4v) is 3.45. The number of aliphatic carboxylic acids is 1. The van der Waals surface area contributed by atoms with Gasteiger partial charge in [0, 0.05) is 11.6 Å². The number of thiophene rings is 1. The van der Waals surface area contributed by atoms with Gasteiger partial charge in [-0.05, 0) is 12.5 Å². The molecule has 1 amide bonds. The Kier molecular flexibility index (Phi) is 5.70. The summed E-state index contributed by atoms with van der Waals surface area (Å²) in [5.41, 5.74) is 0. The third-order valence-electron chi connectivity index (χ3n) is 2.68. The summed E-state index contributed by atoms with van der Waals surface area (Å²) in [5, 5.41) is 12.8. The minimum Gasteiger partial charge on any atom is -0.480 e. The van der Waals surface area contributed by atoms with Gasteiger partial charge in [-0.25, -0.2) is 13.2 Å². The molecule has 0 aliphatic heterocycles. The number of hydrogen-bond donors (Lipinski definition) is 2. The van der Waals surface area contributed by atoms with E-state index in [2.05, 4.69) is 5.32 Å². The number of sulfone groups is 1. The Balaban J connectivity index is 2.79. The zero-order chi connectivity index (χ0) is 15.3. The minimum atomic E-state index is -3.36. The summed E-state index contributed by atoms with van der Waals surface area (Å²) in [7, 11) is -3.36. The quantitative estimate of drug-likeness (QED) is 0.793. The first-order valence-corrected chi connectivity index (χ1v) is 8.85. The van der Waals surface area contributed by atoms with Gasteiger partial charge < -0.3 is 10.4 Å². The van der Waals surface area contributed by atoms with Crippen molar-refractivity contribution in [3.05, 3.63) is 16.3 Å². The van der Waals surface area contributed by atoms with Gasteiger partial charge in [-0.2, -0.15) is 0 Å². The molecule has 8 heteroatoms. The molecule has 1 aromatic heterocycles. The highest BCUT2D eigenvalue weighted by molar-refractivity contribution is 7.90. The molecule has 0 fully saturated rings. The predicted molar refractivity (Wildman–Crippen MR) is 75.8 cm³/mol. The molecule has 6 nitrogen and oxygen atoms in total. The van der Waals surface area contributed by atoms with E-state index in [0.29, 0.717) is 12.8 Å². The van der Waals surface area contributed by atoms with Crippen molar-refractivity contribution in [2.24, 2.45) is 0 Å². The fraction of sp³-hybridized carbons (Fsp3) is 0.500. The first-order valence-electron chi connectivity index (χ1n) is 6.08. The number of carboxylic acid groups (broad SMARTS) is 1. The molecule has 0 aromatic carbocycles. The molecule has 1 atom stereocenters. The standard InChI is InChI=1S/C12H17NO5S2/c1-3-4-5-9(12(15)16)13-11(14)10-6-8(7-19-10)20(2,17)18/h6-7,9H,3-5H2,1-2H3,(H,13,14)(H,15,16)/t9-/m0/s1. The molecule has 1 aromatic rings. The molecule has 0 radical (unpaired) electrons. The van der Waals surface area contributed by atoms with Crippen LogP contribution in [0.15, 0.2) is 16.3 Å². The maximum absolute atomic E-state index is 11.9. The summed E-state index contributed by atoms with van der Waals surface area (Å²) < 4.78 is 22.6. The molecule has 2 N–H and O–H groups in total. The molecule has 112 valence electrons. The zero-order valence-electron chi connectivity index (χ0n) is 11.3. The highest BCUT2D eigenvalue weighted by Crippen LogP contribution is 2.19. The summed E-state index contributed by atoms with van der Waals surface area (Å²) in [5.74, 6) is -1.65. The number of amides is 1. The van der Waals surface area contributed by atoms with Crippen LogP contribution >= 0.6 is 11.3 Å². The highest BCUT2D eigenvalue weighted by Gasteiger charge is 2.22. The molecule has 0 aliphatic rings. The fourth-order valence-electron chi connectivity index (χ4n) is 1.53. The van der Waals surface area contributed by atoms with Crippen LogP contribution in [0.4, 0.5) is 0 Å². The first kappa shape index (κ1) is 16.6. The maximum atomic E-state index is 11.9. The lowest BCUT2D eigenvalue weighted by Crippen LogP contribution is -2.40. The molecule has 0 aliphatic carbocycles. The van der Waals surface area contributed by atoms with E-state index in [9.17, 15) is 18.0 Å². The lowest BCUT2D eigenvalue weighted by atomic mass is 10.1. The molecule has 1 rings (SSSR count). The second-order valence-corrected chi connectivity index (χ2v) is 7.35. The molecule has 1 heterocycles. The Hall–Kier alpha value is -1.41. The van der Waals surface area contributed by atoms with Gasteiger partial charge in [0.15, 0.2) is 9.84 Å². The van der Waals surface area contributed by atoms with Crippen molar-refractivity contribution in [3.63, 3.8) is 0 Å². The second kappa shape index (κ2) is 6.85. The van der Waals surface area contributed by atoms with Crippen LogP contribution in [-0.2, 0) is 14.6 Å². The van der Waals surface area contributed by atoms with Crippen LogP contribution in [0.3, 0.4) is 0 Å². The van der Waals surface area contributed by atoms with Crippen molar-refractivity contribution in [1.29, 1.82) is 0 Å². The smallest absolute Gasteiger partial charge is 0.326 e. The van der Waals surface area contributed by atoms with Gasteiger partial charge in [0.2, 0.25) is 0 Å². The Bertz CT molecular complexity index is 591. The summed E-state index contributed by atoms with van der Waals surface area (Å²) in [4.78, 5) is 23.2. The van der Waals surface area contributed by atoms with Gasteiger partial charge in [0.1, 0.15) is 6.04 Å². The summed E-state index contributed by atoms with van der Waals surface area (Å²) in [6, 6.07) is 0.305. The van der Waals surface area contributed by atoms with E-state index < -0.39 is 27.8 Å². The van der Waals surface area contributed by atoms with Crippen molar-refractivity contribution in [1.82, 2.24) is 5.32 Å². The number of hydrogen-bond acceptors (Lipinski definition) is 5. The monoisotopic (exact) mass is 319 g/mol. The second-order valence-electron chi connectivity index (χ2n) is 4.43. The van der Waals surface area contributed by atoms with Crippen LogP contribution in [0.25, 0.3) is 0 Å². The van der Waals surface area contributed by atoms with E-state index in [0.717, 1.165) is 24.0 Å². The number of carbonyl (C=O) groups excluding carboxylic acids is 1. The Morgan fingerprint density at radius 3 is 2.55 bits per heavy atom. The van der Waals surface area contributed by atoms with E-state index in [-0.39, 0.29) is 9.77 Å². The Morgan fingerprint density at radius 1 is 1.45 bits per heavy atom. The van der Waals surface area contributed by atoms with Gasteiger partial charge in [-0.3, -0.25) is 4.79 Å². The number of carboxylic acids is 1. The molecule has 0 bridgehead atoms. The summed E-state index contributed by atoms with van der Waals surface area (Å²) >= 11 is 0.978. The van der Waals surface area contributed by atoms with Gasteiger partial charge in [-0.1, -0.05) is 19.8 Å². The summed E-state index contributed by atoms with van der Waals surface area (Å²) in [6.45, 7) is 1.93.